The molecule has 5 heteroatoms. The number of nitrogens with zero attached hydrogens (tertiary/aromatic N) is 1. The van der Waals surface area contributed by atoms with Crippen LogP contribution in [-0.2, 0) is 4.74 Å². The molecule has 1 amide bonds. The second-order valence-electron chi connectivity index (χ2n) is 5.45. The van der Waals surface area contributed by atoms with Crippen molar-refractivity contribution >= 4 is 17.5 Å². The number of carbonyl (C=O) groups excluding carboxylic acids is 1. The largest absolute Gasteiger partial charge is 0.453 e. The zero-order valence-electron chi connectivity index (χ0n) is 12.9. The molecule has 2 rings (SSSR count). The third-order valence-electron chi connectivity index (χ3n) is 3.81. The topological polar surface area (TPSA) is 53.6 Å². The monoisotopic (exact) mass is 291 g/mol. The van der Waals surface area contributed by atoms with Gasteiger partial charge < -0.3 is 15.0 Å². The summed E-state index contributed by atoms with van der Waals surface area (Å²) >= 11 is 0. The Morgan fingerprint density at radius 2 is 1.86 bits per heavy atom. The molecule has 0 saturated carbocycles. The van der Waals surface area contributed by atoms with Crippen LogP contribution >= 0.6 is 0 Å². The van der Waals surface area contributed by atoms with Crippen LogP contribution in [-0.4, -0.2) is 43.8 Å². The van der Waals surface area contributed by atoms with E-state index in [-0.39, 0.29) is 0 Å². The van der Waals surface area contributed by atoms with E-state index in [2.05, 4.69) is 27.2 Å². The average Bonchev–Trinajstić information content (AvgIpc) is 2.51. The number of anilines is 2. The number of nitrogens with one attached hydrogen (secondary N) is 2. The first-order chi connectivity index (χ1) is 10.2. The van der Waals surface area contributed by atoms with Crippen LogP contribution < -0.4 is 10.6 Å². The van der Waals surface area contributed by atoms with Crippen molar-refractivity contribution in [1.82, 2.24) is 4.90 Å². The number of benzene rings is 1. The van der Waals surface area contributed by atoms with Crippen LogP contribution in [0.25, 0.3) is 0 Å². The number of amides is 1. The lowest BCUT2D eigenvalue weighted by Gasteiger charge is -2.32. The quantitative estimate of drug-likeness (QED) is 0.875. The summed E-state index contributed by atoms with van der Waals surface area (Å²) in [4.78, 5) is 13.6. The Kier molecular flexibility index (Phi) is 5.87. The highest BCUT2D eigenvalue weighted by Crippen LogP contribution is 2.19. The zero-order valence-corrected chi connectivity index (χ0v) is 12.9. The van der Waals surface area contributed by atoms with Gasteiger partial charge >= 0.3 is 6.09 Å². The van der Waals surface area contributed by atoms with Gasteiger partial charge in [0.05, 0.1) is 7.11 Å². The molecule has 5 nitrogen and oxygen atoms in total. The summed E-state index contributed by atoms with van der Waals surface area (Å²) in [5.74, 6) is 0. The number of piperidine rings is 1. The fraction of sp³-hybridized carbons (Fsp3) is 0.562. The van der Waals surface area contributed by atoms with Gasteiger partial charge in [0.2, 0.25) is 0 Å². The van der Waals surface area contributed by atoms with Crippen molar-refractivity contribution in [2.45, 2.75) is 32.2 Å². The molecule has 116 valence electrons. The molecular formula is C16H25N3O2. The molecule has 1 heterocycles. The van der Waals surface area contributed by atoms with Crippen molar-refractivity contribution in [1.29, 1.82) is 0 Å². The molecule has 0 bridgehead atoms. The molecule has 2 N–H and O–H groups in total. The number of methoxy groups -OCH3 is 1. The van der Waals surface area contributed by atoms with Crippen LogP contribution in [0.1, 0.15) is 26.2 Å². The van der Waals surface area contributed by atoms with E-state index in [9.17, 15) is 4.79 Å². The number of carbonyl (C=O) groups is 1. The van der Waals surface area contributed by atoms with Crippen molar-refractivity contribution in [3.05, 3.63) is 24.3 Å². The molecule has 1 aliphatic rings. The minimum Gasteiger partial charge on any atom is -0.453 e. The van der Waals surface area contributed by atoms with Crippen molar-refractivity contribution in [2.24, 2.45) is 0 Å². The molecule has 1 aliphatic heterocycles. The Morgan fingerprint density at radius 3 is 2.43 bits per heavy atom. The van der Waals surface area contributed by atoms with Crippen LogP contribution in [0.2, 0.25) is 0 Å². The van der Waals surface area contributed by atoms with Gasteiger partial charge in [-0.3, -0.25) is 5.32 Å². The molecule has 0 spiro atoms. The first-order valence-electron chi connectivity index (χ1n) is 7.65. The van der Waals surface area contributed by atoms with E-state index < -0.39 is 6.09 Å². The van der Waals surface area contributed by atoms with Gasteiger partial charge in [0.15, 0.2) is 0 Å². The molecule has 1 aromatic rings. The molecule has 0 atom stereocenters. The Morgan fingerprint density at radius 1 is 1.24 bits per heavy atom. The number of hydrogen-bond donors (Lipinski definition) is 2. The highest BCUT2D eigenvalue weighted by Gasteiger charge is 2.18. The first-order valence-corrected chi connectivity index (χ1v) is 7.65. The third kappa shape index (κ3) is 4.93. The molecule has 0 radical (unpaired) electrons. The predicted molar refractivity (Wildman–Crippen MR) is 85.8 cm³/mol. The van der Waals surface area contributed by atoms with Crippen LogP contribution in [0.5, 0.6) is 0 Å². The standard InChI is InChI=1S/C16H25N3O2/c1-3-10-19-11-8-15(9-12-19)17-13-4-6-14(7-5-13)18-16(20)21-2/h4-7,15,17H,3,8-12H2,1-2H3,(H,18,20). The SMILES string of the molecule is CCCN1CCC(Nc2ccc(NC(=O)OC)cc2)CC1. The van der Waals surface area contributed by atoms with E-state index >= 15 is 0 Å². The fourth-order valence-corrected chi connectivity index (χ4v) is 2.67. The van der Waals surface area contributed by atoms with E-state index in [1.807, 2.05) is 24.3 Å². The third-order valence-corrected chi connectivity index (χ3v) is 3.81. The van der Waals surface area contributed by atoms with Crippen LogP contribution in [0, 0.1) is 0 Å². The van der Waals surface area contributed by atoms with Crippen LogP contribution in [0.15, 0.2) is 24.3 Å². The van der Waals surface area contributed by atoms with E-state index in [1.54, 1.807) is 0 Å². The lowest BCUT2D eigenvalue weighted by molar-refractivity contribution is 0.187. The van der Waals surface area contributed by atoms with E-state index in [4.69, 9.17) is 0 Å². The summed E-state index contributed by atoms with van der Waals surface area (Å²) in [6.07, 6.45) is 3.15. The van der Waals surface area contributed by atoms with Crippen molar-refractivity contribution in [2.75, 3.05) is 37.4 Å². The van der Waals surface area contributed by atoms with Gasteiger partial charge in [0.1, 0.15) is 0 Å². The van der Waals surface area contributed by atoms with Gasteiger partial charge in [0, 0.05) is 30.5 Å². The summed E-state index contributed by atoms with van der Waals surface area (Å²) < 4.78 is 4.57. The van der Waals surface area contributed by atoms with Crippen molar-refractivity contribution in [3.8, 4) is 0 Å². The summed E-state index contributed by atoms with van der Waals surface area (Å²) in [6, 6.07) is 8.28. The van der Waals surface area contributed by atoms with Gasteiger partial charge in [-0.2, -0.15) is 0 Å². The van der Waals surface area contributed by atoms with Gasteiger partial charge in [-0.25, -0.2) is 4.79 Å². The summed E-state index contributed by atoms with van der Waals surface area (Å²) in [5, 5.41) is 6.21. The molecule has 21 heavy (non-hydrogen) atoms. The number of hydrogen-bond acceptors (Lipinski definition) is 4. The lowest BCUT2D eigenvalue weighted by Crippen LogP contribution is -2.39. The number of rotatable bonds is 5. The summed E-state index contributed by atoms with van der Waals surface area (Å²) in [6.45, 7) is 5.79. The lowest BCUT2D eigenvalue weighted by atomic mass is 10.0. The zero-order chi connectivity index (χ0) is 15.1. The van der Waals surface area contributed by atoms with Gasteiger partial charge in [-0.15, -0.1) is 0 Å². The maximum atomic E-state index is 11.1. The Balaban J connectivity index is 1.80. The van der Waals surface area contributed by atoms with Crippen LogP contribution in [0.4, 0.5) is 16.2 Å². The highest BCUT2D eigenvalue weighted by atomic mass is 16.5. The molecule has 0 unspecified atom stereocenters. The van der Waals surface area contributed by atoms with E-state index in [1.165, 1.54) is 46.0 Å². The average molecular weight is 291 g/mol. The van der Waals surface area contributed by atoms with Crippen LogP contribution in [0.3, 0.4) is 0 Å². The minimum atomic E-state index is -0.445. The van der Waals surface area contributed by atoms with E-state index in [0.717, 1.165) is 11.4 Å². The smallest absolute Gasteiger partial charge is 0.411 e. The Bertz CT molecular complexity index is 439. The Hall–Kier alpha value is -1.75. The van der Waals surface area contributed by atoms with Crippen molar-refractivity contribution < 1.29 is 9.53 Å². The van der Waals surface area contributed by atoms with E-state index in [0.29, 0.717) is 6.04 Å². The molecule has 0 aromatic heterocycles. The van der Waals surface area contributed by atoms with Gasteiger partial charge in [-0.1, -0.05) is 6.92 Å². The summed E-state index contributed by atoms with van der Waals surface area (Å²) in [7, 11) is 1.36. The minimum absolute atomic E-state index is 0.445. The normalized spacial score (nSPS) is 16.5. The molecule has 1 aromatic carbocycles. The first kappa shape index (κ1) is 15.6. The fourth-order valence-electron chi connectivity index (χ4n) is 2.67. The summed E-state index contributed by atoms with van der Waals surface area (Å²) in [5.41, 5.74) is 1.84. The Labute approximate surface area is 126 Å². The number of ether oxygens (including phenoxy) is 1. The molecule has 1 saturated heterocycles. The number of likely N-dealkylation sites (tertiary alicyclic amines) is 1. The molecule has 0 aliphatic carbocycles. The molecular weight excluding hydrogens is 266 g/mol. The second-order valence-corrected chi connectivity index (χ2v) is 5.45. The predicted octanol–water partition coefficient (Wildman–Crippen LogP) is 3.15. The van der Waals surface area contributed by atoms with Gasteiger partial charge in [-0.05, 0) is 50.1 Å². The van der Waals surface area contributed by atoms with Gasteiger partial charge in [0.25, 0.3) is 0 Å². The maximum absolute atomic E-state index is 11.1. The maximum Gasteiger partial charge on any atom is 0.411 e. The molecule has 1 fully saturated rings. The second kappa shape index (κ2) is 7.88. The highest BCUT2D eigenvalue weighted by molar-refractivity contribution is 5.84. The van der Waals surface area contributed by atoms with Crippen molar-refractivity contribution in [3.63, 3.8) is 0 Å².